The highest BCUT2D eigenvalue weighted by molar-refractivity contribution is 7.12. The van der Waals surface area contributed by atoms with Crippen molar-refractivity contribution in [3.05, 3.63) is 62.1 Å². The zero-order valence-corrected chi connectivity index (χ0v) is 24.4. The molecule has 230 valence electrons. The van der Waals surface area contributed by atoms with Crippen LogP contribution < -0.4 is 15.8 Å². The molecule has 2 aliphatic heterocycles. The fourth-order valence-corrected chi connectivity index (χ4v) is 5.99. The molecule has 2 atom stereocenters. The number of morpholine rings is 1. The lowest BCUT2D eigenvalue weighted by Crippen LogP contribution is -2.55. The number of ether oxygens (including phenoxy) is 1. The van der Waals surface area contributed by atoms with E-state index in [1.807, 2.05) is 25.8 Å². The number of hydrogen-bond donors (Lipinski definition) is 2. The number of thiazole rings is 1. The molecule has 15 heteroatoms. The number of aromatic amines is 1. The molecule has 0 spiro atoms. The molecule has 10 nitrogen and oxygen atoms in total. The average molecular weight is 623 g/mol. The number of rotatable bonds is 5. The molecule has 2 fully saturated rings. The zero-order valence-electron chi connectivity index (χ0n) is 23.6. The second-order valence-corrected chi connectivity index (χ2v) is 11.5. The minimum atomic E-state index is -4.97. The Bertz CT molecular complexity index is 1570. The third kappa shape index (κ3) is 6.43. The molecule has 43 heavy (non-hydrogen) atoms. The van der Waals surface area contributed by atoms with Crippen LogP contribution in [0.4, 0.5) is 28.9 Å². The first kappa shape index (κ1) is 30.6. The predicted molar refractivity (Wildman–Crippen MR) is 153 cm³/mol. The van der Waals surface area contributed by atoms with Crippen LogP contribution >= 0.6 is 11.3 Å². The molecule has 5 rings (SSSR count). The Morgan fingerprint density at radius 1 is 1.12 bits per heavy atom. The number of amides is 2. The van der Waals surface area contributed by atoms with Crippen molar-refractivity contribution in [1.29, 1.82) is 0 Å². The summed E-state index contributed by atoms with van der Waals surface area (Å²) < 4.78 is 62.2. The summed E-state index contributed by atoms with van der Waals surface area (Å²) in [6.07, 6.45) is -4.27. The highest BCUT2D eigenvalue weighted by Crippen LogP contribution is 2.37. The van der Waals surface area contributed by atoms with Gasteiger partial charge in [0.1, 0.15) is 5.82 Å². The van der Waals surface area contributed by atoms with Gasteiger partial charge >= 0.3 is 6.18 Å². The Labute approximate surface area is 248 Å². The van der Waals surface area contributed by atoms with Gasteiger partial charge in [0, 0.05) is 67.5 Å². The molecule has 0 aliphatic carbocycles. The SMILES string of the molecule is C[C@@H]1CN(c2cc(F)c(-c3csc(C(=O)N4CCOCC4)n3)cc2NC(=O)c2c[nH]c(=O)cc2C(F)(F)F)C[C@H](C)N1C. The molecular weight excluding hydrogens is 592 g/mol. The number of carbonyl (C=O) groups excluding carboxylic acids is 2. The minimum absolute atomic E-state index is 0.0379. The number of piperazine rings is 1. The second-order valence-electron chi connectivity index (χ2n) is 10.6. The van der Waals surface area contributed by atoms with Crippen LogP contribution in [0.3, 0.4) is 0 Å². The Morgan fingerprint density at radius 3 is 2.44 bits per heavy atom. The van der Waals surface area contributed by atoms with Crippen molar-refractivity contribution in [3.63, 3.8) is 0 Å². The summed E-state index contributed by atoms with van der Waals surface area (Å²) in [6, 6.07) is 2.96. The first-order valence-electron chi connectivity index (χ1n) is 13.6. The summed E-state index contributed by atoms with van der Waals surface area (Å²) in [7, 11) is 1.96. The van der Waals surface area contributed by atoms with Crippen molar-refractivity contribution in [2.75, 3.05) is 56.7 Å². The summed E-state index contributed by atoms with van der Waals surface area (Å²) >= 11 is 1.04. The van der Waals surface area contributed by atoms with Crippen molar-refractivity contribution in [3.8, 4) is 11.3 Å². The van der Waals surface area contributed by atoms with E-state index in [9.17, 15) is 27.6 Å². The van der Waals surface area contributed by atoms with Gasteiger partial charge in [0.15, 0.2) is 5.01 Å². The molecule has 3 aromatic rings. The van der Waals surface area contributed by atoms with Gasteiger partial charge in [-0.25, -0.2) is 9.37 Å². The maximum Gasteiger partial charge on any atom is 0.417 e. The van der Waals surface area contributed by atoms with Gasteiger partial charge in [0.25, 0.3) is 11.8 Å². The van der Waals surface area contributed by atoms with E-state index in [2.05, 4.69) is 20.2 Å². The van der Waals surface area contributed by atoms with Gasteiger partial charge in [-0.2, -0.15) is 13.2 Å². The highest BCUT2D eigenvalue weighted by atomic mass is 32.1. The highest BCUT2D eigenvalue weighted by Gasteiger charge is 2.36. The van der Waals surface area contributed by atoms with Crippen molar-refractivity contribution >= 4 is 34.5 Å². The quantitative estimate of drug-likeness (QED) is 0.416. The lowest BCUT2D eigenvalue weighted by Gasteiger charge is -2.44. The largest absolute Gasteiger partial charge is 0.417 e. The van der Waals surface area contributed by atoms with E-state index in [-0.39, 0.29) is 45.6 Å². The first-order chi connectivity index (χ1) is 20.3. The summed E-state index contributed by atoms with van der Waals surface area (Å²) in [6.45, 7) is 6.51. The lowest BCUT2D eigenvalue weighted by molar-refractivity contribution is -0.138. The van der Waals surface area contributed by atoms with Gasteiger partial charge in [-0.1, -0.05) is 0 Å². The maximum atomic E-state index is 15.7. The number of alkyl halides is 3. The number of halogens is 4. The number of likely N-dealkylation sites (N-methyl/N-ethyl adjacent to an activating group) is 1. The van der Waals surface area contributed by atoms with E-state index < -0.39 is 34.6 Å². The van der Waals surface area contributed by atoms with Crippen LogP contribution in [0.25, 0.3) is 11.3 Å². The van der Waals surface area contributed by atoms with E-state index in [1.54, 1.807) is 4.90 Å². The van der Waals surface area contributed by atoms with Crippen molar-refractivity contribution in [2.45, 2.75) is 32.1 Å². The second kappa shape index (κ2) is 12.1. The zero-order chi connectivity index (χ0) is 31.1. The molecule has 2 N–H and O–H groups in total. The molecule has 2 saturated heterocycles. The molecule has 0 saturated carbocycles. The number of anilines is 2. The van der Waals surface area contributed by atoms with E-state index in [0.717, 1.165) is 11.3 Å². The number of aromatic nitrogens is 2. The maximum absolute atomic E-state index is 15.7. The van der Waals surface area contributed by atoms with Crippen LogP contribution in [0, 0.1) is 5.82 Å². The fraction of sp³-hybridized carbons (Fsp3) is 0.429. The van der Waals surface area contributed by atoms with Crippen LogP contribution in [0.1, 0.15) is 39.6 Å². The standard InChI is InChI=1S/C28H30F4N6O4S/c1-15-12-38(13-16(2)36(15)3)23-10-20(29)17(22-14-43-26(35-22)27(41)37-4-6-42-7-5-37)8-21(23)34-25(40)18-11-33-24(39)9-19(18)28(30,31)32/h8-11,14-16H,4-7,12-13H2,1-3H3,(H,33,39)(H,34,40)/t15-,16+. The third-order valence-electron chi connectivity index (χ3n) is 7.77. The molecular formula is C28H30F4N6O4S. The number of H-pyrrole nitrogens is 1. The van der Waals surface area contributed by atoms with Gasteiger partial charge in [0.05, 0.1) is 41.4 Å². The summed E-state index contributed by atoms with van der Waals surface area (Å²) in [5.41, 5.74) is -2.77. The average Bonchev–Trinajstić information content (AvgIpc) is 3.46. The van der Waals surface area contributed by atoms with Crippen LogP contribution in [-0.2, 0) is 10.9 Å². The molecule has 0 bridgehead atoms. The molecule has 0 radical (unpaired) electrons. The van der Waals surface area contributed by atoms with E-state index >= 15 is 4.39 Å². The Kier molecular flexibility index (Phi) is 8.58. The Balaban J connectivity index is 1.54. The summed E-state index contributed by atoms with van der Waals surface area (Å²) in [5, 5.41) is 4.18. The van der Waals surface area contributed by atoms with Gasteiger partial charge in [-0.3, -0.25) is 19.3 Å². The molecule has 2 amide bonds. The normalized spacial score (nSPS) is 19.9. The molecule has 2 aliphatic rings. The number of pyridine rings is 1. The molecule has 1 aromatic carbocycles. The van der Waals surface area contributed by atoms with Gasteiger partial charge < -0.3 is 24.8 Å². The number of nitrogens with one attached hydrogen (secondary N) is 2. The minimum Gasteiger partial charge on any atom is -0.378 e. The van der Waals surface area contributed by atoms with E-state index in [0.29, 0.717) is 51.7 Å². The van der Waals surface area contributed by atoms with E-state index in [1.165, 1.54) is 17.5 Å². The summed E-state index contributed by atoms with van der Waals surface area (Å²) in [5.74, 6) is -2.13. The monoisotopic (exact) mass is 622 g/mol. The molecule has 4 heterocycles. The van der Waals surface area contributed by atoms with Crippen LogP contribution in [0.15, 0.2) is 34.6 Å². The van der Waals surface area contributed by atoms with Crippen molar-refractivity contribution < 1.29 is 31.9 Å². The summed E-state index contributed by atoms with van der Waals surface area (Å²) in [4.78, 5) is 49.9. The fourth-order valence-electron chi connectivity index (χ4n) is 5.20. The van der Waals surface area contributed by atoms with Gasteiger partial charge in [-0.05, 0) is 27.0 Å². The van der Waals surface area contributed by atoms with E-state index in [4.69, 9.17) is 4.74 Å². The van der Waals surface area contributed by atoms with Crippen LogP contribution in [-0.4, -0.2) is 90.1 Å². The Morgan fingerprint density at radius 2 is 1.79 bits per heavy atom. The number of benzene rings is 1. The van der Waals surface area contributed by atoms with Gasteiger partial charge in [-0.15, -0.1) is 11.3 Å². The number of hydrogen-bond acceptors (Lipinski definition) is 8. The number of carbonyl (C=O) groups is 2. The number of nitrogens with zero attached hydrogens (tertiary/aromatic N) is 4. The van der Waals surface area contributed by atoms with Gasteiger partial charge in [0.2, 0.25) is 5.56 Å². The third-order valence-corrected chi connectivity index (χ3v) is 8.60. The lowest BCUT2D eigenvalue weighted by atomic mass is 10.0. The smallest absolute Gasteiger partial charge is 0.378 e. The van der Waals surface area contributed by atoms with Crippen LogP contribution in [0.2, 0.25) is 0 Å². The van der Waals surface area contributed by atoms with Crippen molar-refractivity contribution in [2.24, 2.45) is 0 Å². The first-order valence-corrected chi connectivity index (χ1v) is 14.5. The molecule has 0 unspecified atom stereocenters. The topological polar surface area (TPSA) is 111 Å². The molecule has 2 aromatic heterocycles. The van der Waals surface area contributed by atoms with Crippen LogP contribution in [0.5, 0.6) is 0 Å². The van der Waals surface area contributed by atoms with Crippen molar-refractivity contribution in [1.82, 2.24) is 19.8 Å². The Hall–Kier alpha value is -3.82. The predicted octanol–water partition coefficient (Wildman–Crippen LogP) is 3.91.